The van der Waals surface area contributed by atoms with E-state index in [1.54, 1.807) is 24.3 Å². The Morgan fingerprint density at radius 2 is 1.65 bits per heavy atom. The number of amides is 2. The molecule has 5 rings (SSSR count). The lowest BCUT2D eigenvalue weighted by atomic mass is 10.0. The molecule has 0 saturated carbocycles. The van der Waals surface area contributed by atoms with E-state index in [4.69, 9.17) is 21.1 Å². The van der Waals surface area contributed by atoms with Gasteiger partial charge in [-0.2, -0.15) is 0 Å². The van der Waals surface area contributed by atoms with E-state index in [9.17, 15) is 4.79 Å². The van der Waals surface area contributed by atoms with E-state index >= 15 is 0 Å². The summed E-state index contributed by atoms with van der Waals surface area (Å²) in [5, 5.41) is 6.54. The fourth-order valence-electron chi connectivity index (χ4n) is 4.41. The number of fused-ring (bicyclic) bond motifs is 1. The van der Waals surface area contributed by atoms with Crippen LogP contribution >= 0.6 is 11.6 Å². The number of halogens is 1. The zero-order valence-corrected chi connectivity index (χ0v) is 19.5. The third-order valence-electron chi connectivity index (χ3n) is 6.22. The largest absolute Gasteiger partial charge is 0.454 e. The molecular formula is C26H27ClN4O3. The molecular weight excluding hydrogens is 452 g/mol. The van der Waals surface area contributed by atoms with Crippen LogP contribution in [-0.4, -0.2) is 50.4 Å². The van der Waals surface area contributed by atoms with Crippen LogP contribution in [0.15, 0.2) is 72.8 Å². The molecule has 2 N–H and O–H groups in total. The van der Waals surface area contributed by atoms with Crippen molar-refractivity contribution in [3.05, 3.63) is 83.4 Å². The summed E-state index contributed by atoms with van der Waals surface area (Å²) >= 11 is 5.94. The second-order valence-electron chi connectivity index (χ2n) is 8.33. The van der Waals surface area contributed by atoms with Gasteiger partial charge in [-0.05, 0) is 54.1 Å². The van der Waals surface area contributed by atoms with Crippen LogP contribution in [0.5, 0.6) is 11.5 Å². The molecule has 0 aliphatic carbocycles. The molecule has 3 aromatic carbocycles. The van der Waals surface area contributed by atoms with Crippen LogP contribution < -0.4 is 25.0 Å². The minimum atomic E-state index is -0.254. The number of carbonyl (C=O) groups is 1. The predicted molar refractivity (Wildman–Crippen MR) is 134 cm³/mol. The van der Waals surface area contributed by atoms with Gasteiger partial charge in [0, 0.05) is 49.1 Å². The molecule has 0 spiro atoms. The van der Waals surface area contributed by atoms with Gasteiger partial charge in [0.2, 0.25) is 6.79 Å². The SMILES string of the molecule is O=C(NCC(c1ccc2c(c1)OCO2)N1CCN(c2ccccc2)CC1)Nc1ccc(Cl)cc1. The normalized spacial score (nSPS) is 16.2. The Bertz CT molecular complexity index is 1120. The molecule has 1 fully saturated rings. The molecule has 8 heteroatoms. The number of piperazine rings is 1. The van der Waals surface area contributed by atoms with Crippen LogP contribution in [-0.2, 0) is 0 Å². The zero-order chi connectivity index (χ0) is 23.3. The first-order chi connectivity index (χ1) is 16.7. The van der Waals surface area contributed by atoms with E-state index < -0.39 is 0 Å². The van der Waals surface area contributed by atoms with Crippen LogP contribution in [0.25, 0.3) is 0 Å². The van der Waals surface area contributed by atoms with Crippen molar-refractivity contribution in [3.8, 4) is 11.5 Å². The minimum absolute atomic E-state index is 0.00314. The number of benzene rings is 3. The monoisotopic (exact) mass is 478 g/mol. The highest BCUT2D eigenvalue weighted by Crippen LogP contribution is 2.35. The summed E-state index contributed by atoms with van der Waals surface area (Å²) in [7, 11) is 0. The van der Waals surface area contributed by atoms with Crippen molar-refractivity contribution in [1.29, 1.82) is 0 Å². The van der Waals surface area contributed by atoms with Crippen LogP contribution in [0.3, 0.4) is 0 Å². The van der Waals surface area contributed by atoms with Crippen molar-refractivity contribution >= 4 is 29.0 Å². The molecule has 176 valence electrons. The second-order valence-corrected chi connectivity index (χ2v) is 8.77. The van der Waals surface area contributed by atoms with Gasteiger partial charge < -0.3 is 25.0 Å². The number of para-hydroxylation sites is 1. The summed E-state index contributed by atoms with van der Waals surface area (Å²) in [6.07, 6.45) is 0. The highest BCUT2D eigenvalue weighted by molar-refractivity contribution is 6.30. The van der Waals surface area contributed by atoms with E-state index in [1.807, 2.05) is 18.2 Å². The molecule has 0 bridgehead atoms. The Hall–Kier alpha value is -3.42. The van der Waals surface area contributed by atoms with Gasteiger partial charge in [0.25, 0.3) is 0 Å². The summed E-state index contributed by atoms with van der Waals surface area (Å²) in [5.74, 6) is 1.50. The highest BCUT2D eigenvalue weighted by Gasteiger charge is 2.27. The molecule has 1 unspecified atom stereocenters. The fourth-order valence-corrected chi connectivity index (χ4v) is 4.53. The number of urea groups is 1. The predicted octanol–water partition coefficient (Wildman–Crippen LogP) is 4.75. The quantitative estimate of drug-likeness (QED) is 0.535. The molecule has 1 atom stereocenters. The van der Waals surface area contributed by atoms with E-state index in [0.717, 1.165) is 43.2 Å². The Morgan fingerprint density at radius 3 is 2.41 bits per heavy atom. The Balaban J connectivity index is 1.28. The number of carbonyl (C=O) groups excluding carboxylic acids is 1. The number of nitrogens with one attached hydrogen (secondary N) is 2. The van der Waals surface area contributed by atoms with Crippen LogP contribution in [0.1, 0.15) is 11.6 Å². The average Bonchev–Trinajstić information content (AvgIpc) is 3.35. The van der Waals surface area contributed by atoms with E-state index in [0.29, 0.717) is 17.3 Å². The number of hydrogen-bond acceptors (Lipinski definition) is 5. The van der Waals surface area contributed by atoms with Crippen molar-refractivity contribution in [2.24, 2.45) is 0 Å². The highest BCUT2D eigenvalue weighted by atomic mass is 35.5. The number of hydrogen-bond donors (Lipinski definition) is 2. The topological polar surface area (TPSA) is 66.1 Å². The van der Waals surface area contributed by atoms with Gasteiger partial charge in [-0.15, -0.1) is 0 Å². The fraction of sp³-hybridized carbons (Fsp3) is 0.269. The van der Waals surface area contributed by atoms with Crippen LogP contribution in [0.4, 0.5) is 16.2 Å². The van der Waals surface area contributed by atoms with E-state index in [-0.39, 0.29) is 18.9 Å². The first kappa shape index (κ1) is 22.4. The number of ether oxygens (including phenoxy) is 2. The first-order valence-electron chi connectivity index (χ1n) is 11.4. The number of rotatable bonds is 6. The molecule has 7 nitrogen and oxygen atoms in total. The average molecular weight is 479 g/mol. The van der Waals surface area contributed by atoms with Crippen LogP contribution in [0, 0.1) is 0 Å². The van der Waals surface area contributed by atoms with E-state index in [1.165, 1.54) is 5.69 Å². The maximum Gasteiger partial charge on any atom is 0.319 e. The van der Waals surface area contributed by atoms with Gasteiger partial charge in [0.05, 0.1) is 6.04 Å². The molecule has 34 heavy (non-hydrogen) atoms. The summed E-state index contributed by atoms with van der Waals surface area (Å²) in [6.45, 7) is 4.30. The third-order valence-corrected chi connectivity index (χ3v) is 6.47. The summed E-state index contributed by atoms with van der Waals surface area (Å²) < 4.78 is 11.1. The lowest BCUT2D eigenvalue weighted by Gasteiger charge is -2.40. The van der Waals surface area contributed by atoms with Gasteiger partial charge >= 0.3 is 6.03 Å². The standard InChI is InChI=1S/C26H27ClN4O3/c27-20-7-9-21(10-8-20)29-26(32)28-17-23(19-6-11-24-25(16-19)34-18-33-24)31-14-12-30(13-15-31)22-4-2-1-3-5-22/h1-11,16,23H,12-15,17-18H2,(H2,28,29,32). The minimum Gasteiger partial charge on any atom is -0.454 e. The first-order valence-corrected chi connectivity index (χ1v) is 11.8. The van der Waals surface area contributed by atoms with Crippen molar-refractivity contribution in [2.75, 3.05) is 49.7 Å². The molecule has 3 aromatic rings. The zero-order valence-electron chi connectivity index (χ0n) is 18.7. The Kier molecular flexibility index (Phi) is 6.74. The molecule has 2 amide bonds. The molecule has 1 saturated heterocycles. The molecule has 2 aliphatic rings. The van der Waals surface area contributed by atoms with Gasteiger partial charge in [-0.25, -0.2) is 4.79 Å². The molecule has 0 radical (unpaired) electrons. The molecule has 2 aliphatic heterocycles. The summed E-state index contributed by atoms with van der Waals surface area (Å²) in [5.41, 5.74) is 3.02. The second kappa shape index (κ2) is 10.2. The number of nitrogens with zero attached hydrogens (tertiary/aromatic N) is 2. The van der Waals surface area contributed by atoms with Crippen molar-refractivity contribution in [2.45, 2.75) is 6.04 Å². The van der Waals surface area contributed by atoms with Gasteiger partial charge in [-0.3, -0.25) is 4.90 Å². The lowest BCUT2D eigenvalue weighted by Crippen LogP contribution is -2.50. The molecule has 0 aromatic heterocycles. The van der Waals surface area contributed by atoms with Crippen molar-refractivity contribution in [1.82, 2.24) is 10.2 Å². The van der Waals surface area contributed by atoms with Crippen LogP contribution in [0.2, 0.25) is 5.02 Å². The van der Waals surface area contributed by atoms with E-state index in [2.05, 4.69) is 50.8 Å². The summed E-state index contributed by atoms with van der Waals surface area (Å²) in [4.78, 5) is 17.4. The third kappa shape index (κ3) is 5.21. The van der Waals surface area contributed by atoms with Gasteiger partial charge in [-0.1, -0.05) is 35.9 Å². The summed E-state index contributed by atoms with van der Waals surface area (Å²) in [6, 6.07) is 23.3. The van der Waals surface area contributed by atoms with Crippen molar-refractivity contribution in [3.63, 3.8) is 0 Å². The van der Waals surface area contributed by atoms with Crippen molar-refractivity contribution < 1.29 is 14.3 Å². The maximum atomic E-state index is 12.6. The maximum absolute atomic E-state index is 12.6. The lowest BCUT2D eigenvalue weighted by molar-refractivity contribution is 0.173. The van der Waals surface area contributed by atoms with Gasteiger partial charge in [0.1, 0.15) is 0 Å². The smallest absolute Gasteiger partial charge is 0.319 e. The number of anilines is 2. The Labute approximate surface area is 204 Å². The molecule has 2 heterocycles. The Morgan fingerprint density at radius 1 is 0.912 bits per heavy atom. The van der Waals surface area contributed by atoms with Gasteiger partial charge in [0.15, 0.2) is 11.5 Å².